The zero-order chi connectivity index (χ0) is 8.69. The van der Waals surface area contributed by atoms with Gasteiger partial charge in [-0.05, 0) is 17.6 Å². The zero-order valence-electron chi connectivity index (χ0n) is 7.97. The molecule has 0 N–H and O–H groups in total. The first-order valence-electron chi connectivity index (χ1n) is 4.58. The molecule has 0 aromatic heterocycles. The molecule has 66 valence electrons. The molecule has 0 aliphatic rings. The average molecular weight is 158 g/mol. The van der Waals surface area contributed by atoms with E-state index in [-0.39, 0.29) is 0 Å². The molecule has 0 amide bonds. The molecule has 0 heterocycles. The fraction of sp³-hybridized carbons (Fsp3) is 1.00. The Kier molecular flexibility index (Phi) is 6.09. The minimum Gasteiger partial charge on any atom is -0.0654 e. The number of nitrogens with zero attached hydrogens (tertiary/aromatic N) is 1. The molecule has 0 unspecified atom stereocenters. The lowest BCUT2D eigenvalue weighted by Gasteiger charge is -2.08. The van der Waals surface area contributed by atoms with Gasteiger partial charge in [0.25, 0.3) is 0 Å². The predicted octanol–water partition coefficient (Wildman–Crippen LogP) is 2.61. The van der Waals surface area contributed by atoms with Crippen LogP contribution in [-0.2, 0) is 0 Å². The van der Waals surface area contributed by atoms with Crippen LogP contribution < -0.4 is 0 Å². The molecule has 2 nitrogen and oxygen atoms in total. The zero-order valence-corrected chi connectivity index (χ0v) is 7.97. The van der Waals surface area contributed by atoms with Gasteiger partial charge in [-0.2, -0.15) is 0 Å². The van der Waals surface area contributed by atoms with Crippen molar-refractivity contribution in [2.45, 2.75) is 39.5 Å². The maximum Gasteiger partial charge on any atom is 0.194 e. The first kappa shape index (κ1) is 10.6. The maximum atomic E-state index is 10.7. The normalized spacial score (nSPS) is 10.5. The summed E-state index contributed by atoms with van der Waals surface area (Å²) in [7, 11) is 1.61. The lowest BCUT2D eigenvalue weighted by molar-refractivity contribution is -0.526. The van der Waals surface area contributed by atoms with E-state index in [1.807, 2.05) is 0 Å². The Hall–Kier alpha value is -0.400. The van der Waals surface area contributed by atoms with E-state index in [2.05, 4.69) is 13.8 Å². The Bertz CT molecular complexity index is 106. The Morgan fingerprint density at radius 1 is 1.18 bits per heavy atom. The first-order chi connectivity index (χ1) is 5.20. The van der Waals surface area contributed by atoms with Crippen molar-refractivity contribution in [3.05, 3.63) is 4.91 Å². The second-order valence-corrected chi connectivity index (χ2v) is 3.25. The highest BCUT2D eigenvalue weighted by Gasteiger charge is 2.13. The van der Waals surface area contributed by atoms with Crippen LogP contribution in [0.15, 0.2) is 0 Å². The molecule has 0 atom stereocenters. The molecule has 0 aliphatic carbocycles. The topological polar surface area (TPSA) is 20.1 Å². The molecular formula is C9H20NO+. The molecule has 0 spiro atoms. The lowest BCUT2D eigenvalue weighted by Crippen LogP contribution is -2.14. The van der Waals surface area contributed by atoms with Gasteiger partial charge in [0.1, 0.15) is 0 Å². The standard InChI is InChI=1S/C9H20NO/c1-4-6-9(7-5-2)8-10(3)11/h9H,4-8H2,1-3H3/q+1. The third-order valence-corrected chi connectivity index (χ3v) is 1.91. The summed E-state index contributed by atoms with van der Waals surface area (Å²) in [4.78, 5) is 10.7. The molecule has 0 aliphatic heterocycles. The largest absolute Gasteiger partial charge is 0.194 e. The van der Waals surface area contributed by atoms with Crippen molar-refractivity contribution in [1.82, 2.24) is 0 Å². The summed E-state index contributed by atoms with van der Waals surface area (Å²) in [5.74, 6) is 0.618. The molecule has 0 aromatic carbocycles. The molecule has 0 saturated heterocycles. The van der Waals surface area contributed by atoms with Crippen LogP contribution in [0.5, 0.6) is 0 Å². The lowest BCUT2D eigenvalue weighted by atomic mass is 9.98. The highest BCUT2D eigenvalue weighted by molar-refractivity contribution is 4.55. The van der Waals surface area contributed by atoms with E-state index in [9.17, 15) is 4.91 Å². The Balaban J connectivity index is 3.59. The molecule has 0 fully saturated rings. The fourth-order valence-electron chi connectivity index (χ4n) is 1.51. The van der Waals surface area contributed by atoms with Gasteiger partial charge >= 0.3 is 0 Å². The van der Waals surface area contributed by atoms with E-state index in [1.165, 1.54) is 25.7 Å². The van der Waals surface area contributed by atoms with Crippen LogP contribution in [0.1, 0.15) is 39.5 Å². The van der Waals surface area contributed by atoms with Crippen LogP contribution in [-0.4, -0.2) is 18.4 Å². The van der Waals surface area contributed by atoms with Crippen LogP contribution in [0.2, 0.25) is 0 Å². The van der Waals surface area contributed by atoms with Crippen LogP contribution in [0.25, 0.3) is 0 Å². The van der Waals surface area contributed by atoms with E-state index >= 15 is 0 Å². The van der Waals surface area contributed by atoms with Crippen molar-refractivity contribution in [2.75, 3.05) is 13.6 Å². The Labute approximate surface area is 69.6 Å². The van der Waals surface area contributed by atoms with Crippen LogP contribution in [0.4, 0.5) is 0 Å². The second kappa shape index (κ2) is 6.32. The molecule has 0 radical (unpaired) electrons. The van der Waals surface area contributed by atoms with Gasteiger partial charge in [-0.25, -0.2) is 0 Å². The van der Waals surface area contributed by atoms with Crippen LogP contribution in [0, 0.1) is 10.8 Å². The summed E-state index contributed by atoms with van der Waals surface area (Å²) in [5, 5.41) is 0. The molecule has 0 saturated carbocycles. The summed E-state index contributed by atoms with van der Waals surface area (Å²) in [6.45, 7) is 5.06. The Morgan fingerprint density at radius 2 is 1.64 bits per heavy atom. The highest BCUT2D eigenvalue weighted by atomic mass is 16.3. The Morgan fingerprint density at radius 3 is 1.91 bits per heavy atom. The smallest absolute Gasteiger partial charge is 0.0654 e. The molecule has 0 bridgehead atoms. The molecule has 0 rings (SSSR count). The predicted molar refractivity (Wildman–Crippen MR) is 47.7 cm³/mol. The number of hydrogen-bond donors (Lipinski definition) is 0. The summed E-state index contributed by atoms with van der Waals surface area (Å²) in [5.41, 5.74) is 0. The SMILES string of the molecule is CCCC(CCC)C[N+](C)=O. The minimum atomic E-state index is 0.618. The van der Waals surface area contributed by atoms with Crippen molar-refractivity contribution in [3.8, 4) is 0 Å². The fourth-order valence-corrected chi connectivity index (χ4v) is 1.51. The van der Waals surface area contributed by atoms with Gasteiger partial charge in [0, 0.05) is 10.8 Å². The van der Waals surface area contributed by atoms with Gasteiger partial charge in [0.2, 0.25) is 0 Å². The van der Waals surface area contributed by atoms with Crippen molar-refractivity contribution >= 4 is 0 Å². The second-order valence-electron chi connectivity index (χ2n) is 3.25. The van der Waals surface area contributed by atoms with Gasteiger partial charge in [-0.3, -0.25) is 0 Å². The van der Waals surface area contributed by atoms with Crippen LogP contribution >= 0.6 is 0 Å². The summed E-state index contributed by atoms with van der Waals surface area (Å²) < 4.78 is 1.05. The molecule has 11 heavy (non-hydrogen) atoms. The third kappa shape index (κ3) is 6.02. The van der Waals surface area contributed by atoms with Gasteiger partial charge < -0.3 is 0 Å². The third-order valence-electron chi connectivity index (χ3n) is 1.91. The highest BCUT2D eigenvalue weighted by Crippen LogP contribution is 2.12. The van der Waals surface area contributed by atoms with Crippen LogP contribution in [0.3, 0.4) is 0 Å². The summed E-state index contributed by atoms with van der Waals surface area (Å²) in [6, 6.07) is 0. The maximum absolute atomic E-state index is 10.7. The van der Waals surface area contributed by atoms with E-state index in [0.29, 0.717) is 12.5 Å². The first-order valence-corrected chi connectivity index (χ1v) is 4.58. The number of rotatable bonds is 6. The molecular weight excluding hydrogens is 138 g/mol. The van der Waals surface area contributed by atoms with Crippen molar-refractivity contribution in [2.24, 2.45) is 5.92 Å². The number of hydrogen-bond acceptors (Lipinski definition) is 1. The number of nitroso groups, excluding NO2 is 1. The van der Waals surface area contributed by atoms with Gasteiger partial charge in [-0.15, -0.1) is 0 Å². The van der Waals surface area contributed by atoms with E-state index in [1.54, 1.807) is 7.05 Å². The summed E-state index contributed by atoms with van der Waals surface area (Å²) in [6.07, 6.45) is 4.78. The van der Waals surface area contributed by atoms with Gasteiger partial charge in [-0.1, -0.05) is 26.7 Å². The van der Waals surface area contributed by atoms with E-state index in [4.69, 9.17) is 0 Å². The van der Waals surface area contributed by atoms with Gasteiger partial charge in [0.15, 0.2) is 13.6 Å². The quantitative estimate of drug-likeness (QED) is 0.544. The molecule has 0 aromatic rings. The molecule has 2 heteroatoms. The van der Waals surface area contributed by atoms with E-state index in [0.717, 1.165) is 4.76 Å². The minimum absolute atomic E-state index is 0.618. The average Bonchev–Trinajstić information content (AvgIpc) is 1.87. The van der Waals surface area contributed by atoms with Gasteiger partial charge in [0.05, 0.1) is 0 Å². The van der Waals surface area contributed by atoms with Crippen molar-refractivity contribution in [1.29, 1.82) is 0 Å². The monoisotopic (exact) mass is 158 g/mol. The summed E-state index contributed by atoms with van der Waals surface area (Å²) >= 11 is 0. The van der Waals surface area contributed by atoms with Crippen molar-refractivity contribution in [3.63, 3.8) is 0 Å². The van der Waals surface area contributed by atoms with E-state index < -0.39 is 0 Å². The van der Waals surface area contributed by atoms with Crippen molar-refractivity contribution < 1.29 is 4.76 Å².